The summed E-state index contributed by atoms with van der Waals surface area (Å²) in [5.74, 6) is -0.725. The van der Waals surface area contributed by atoms with Crippen LogP contribution in [0.15, 0.2) is 24.3 Å². The molecule has 0 heterocycles. The fraction of sp³-hybridized carbons (Fsp3) is 0.467. The highest BCUT2D eigenvalue weighted by Crippen LogP contribution is 2.23. The standard InChI is InChI=1S/C15H19ClN2O/c1-10(2)14(9-17)15(19)18(4)11(3)12-5-7-13(16)8-6-12/h5-8,10-11,14H,1-4H3. The fourth-order valence-electron chi connectivity index (χ4n) is 1.86. The van der Waals surface area contributed by atoms with Crippen molar-refractivity contribution in [3.63, 3.8) is 0 Å². The van der Waals surface area contributed by atoms with Gasteiger partial charge in [-0.25, -0.2) is 0 Å². The van der Waals surface area contributed by atoms with Crippen molar-refractivity contribution in [3.8, 4) is 6.07 Å². The van der Waals surface area contributed by atoms with Crippen molar-refractivity contribution < 1.29 is 4.79 Å². The van der Waals surface area contributed by atoms with Crippen LogP contribution in [0.25, 0.3) is 0 Å². The van der Waals surface area contributed by atoms with Crippen molar-refractivity contribution in [2.45, 2.75) is 26.8 Å². The summed E-state index contributed by atoms with van der Waals surface area (Å²) in [6.45, 7) is 5.70. The highest BCUT2D eigenvalue weighted by molar-refractivity contribution is 6.30. The molecule has 2 unspecified atom stereocenters. The third kappa shape index (κ3) is 3.71. The van der Waals surface area contributed by atoms with E-state index in [2.05, 4.69) is 6.07 Å². The van der Waals surface area contributed by atoms with E-state index >= 15 is 0 Å². The Hall–Kier alpha value is -1.53. The molecule has 19 heavy (non-hydrogen) atoms. The van der Waals surface area contributed by atoms with Crippen LogP contribution in [0.1, 0.15) is 32.4 Å². The van der Waals surface area contributed by atoms with Crippen LogP contribution in [0.5, 0.6) is 0 Å². The molecule has 4 heteroatoms. The lowest BCUT2D eigenvalue weighted by molar-refractivity contribution is -0.135. The minimum Gasteiger partial charge on any atom is -0.338 e. The molecule has 1 rings (SSSR count). The quantitative estimate of drug-likeness (QED) is 0.844. The van der Waals surface area contributed by atoms with Crippen molar-refractivity contribution in [2.24, 2.45) is 11.8 Å². The third-order valence-corrected chi connectivity index (χ3v) is 3.60. The second-order valence-electron chi connectivity index (χ2n) is 5.03. The molecule has 0 saturated heterocycles. The van der Waals surface area contributed by atoms with Gasteiger partial charge in [0.1, 0.15) is 5.92 Å². The Balaban J connectivity index is 2.88. The zero-order chi connectivity index (χ0) is 14.6. The summed E-state index contributed by atoms with van der Waals surface area (Å²) in [7, 11) is 1.73. The Morgan fingerprint density at radius 2 is 1.79 bits per heavy atom. The van der Waals surface area contributed by atoms with Gasteiger partial charge in [0, 0.05) is 12.1 Å². The molecule has 0 fully saturated rings. The molecule has 0 aliphatic rings. The van der Waals surface area contributed by atoms with Crippen molar-refractivity contribution in [1.29, 1.82) is 5.26 Å². The van der Waals surface area contributed by atoms with E-state index in [1.807, 2.05) is 32.9 Å². The summed E-state index contributed by atoms with van der Waals surface area (Å²) < 4.78 is 0. The number of nitrogens with zero attached hydrogens (tertiary/aromatic N) is 2. The van der Waals surface area contributed by atoms with Crippen LogP contribution in [0.4, 0.5) is 0 Å². The zero-order valence-electron chi connectivity index (χ0n) is 11.7. The minimum absolute atomic E-state index is 0.0115. The molecule has 0 radical (unpaired) electrons. The predicted octanol–water partition coefficient (Wildman–Crippen LogP) is 3.66. The Bertz CT molecular complexity index is 476. The van der Waals surface area contributed by atoms with Crippen LogP contribution in [0.3, 0.4) is 0 Å². The Morgan fingerprint density at radius 3 is 2.21 bits per heavy atom. The molecule has 0 aliphatic heterocycles. The third-order valence-electron chi connectivity index (χ3n) is 3.35. The molecule has 0 spiro atoms. The highest BCUT2D eigenvalue weighted by atomic mass is 35.5. The maximum absolute atomic E-state index is 12.3. The first kappa shape index (κ1) is 15.5. The second-order valence-corrected chi connectivity index (χ2v) is 5.46. The van der Waals surface area contributed by atoms with E-state index < -0.39 is 5.92 Å². The van der Waals surface area contributed by atoms with Gasteiger partial charge in [-0.05, 0) is 30.5 Å². The molecule has 1 amide bonds. The number of rotatable bonds is 4. The van der Waals surface area contributed by atoms with Gasteiger partial charge in [-0.15, -0.1) is 0 Å². The number of nitriles is 1. The van der Waals surface area contributed by atoms with Crippen LogP contribution in [0, 0.1) is 23.2 Å². The number of halogens is 1. The number of benzene rings is 1. The summed E-state index contributed by atoms with van der Waals surface area (Å²) in [6, 6.07) is 9.40. The van der Waals surface area contributed by atoms with Gasteiger partial charge < -0.3 is 4.90 Å². The molecule has 0 aliphatic carbocycles. The monoisotopic (exact) mass is 278 g/mol. The lowest BCUT2D eigenvalue weighted by Crippen LogP contribution is -2.36. The van der Waals surface area contributed by atoms with Crippen LogP contribution in [0.2, 0.25) is 5.02 Å². The fourth-order valence-corrected chi connectivity index (χ4v) is 1.99. The van der Waals surface area contributed by atoms with Crippen LogP contribution in [-0.4, -0.2) is 17.9 Å². The van der Waals surface area contributed by atoms with E-state index in [1.54, 1.807) is 24.1 Å². The van der Waals surface area contributed by atoms with Gasteiger partial charge in [0.2, 0.25) is 5.91 Å². The normalized spacial score (nSPS) is 13.7. The van der Waals surface area contributed by atoms with Gasteiger partial charge in [0.25, 0.3) is 0 Å². The molecular formula is C15H19ClN2O. The first-order chi connectivity index (χ1) is 8.88. The Labute approximate surface area is 119 Å². The Kier molecular flexibility index (Phi) is 5.38. The summed E-state index contributed by atoms with van der Waals surface area (Å²) >= 11 is 5.85. The first-order valence-corrected chi connectivity index (χ1v) is 6.68. The number of amides is 1. The molecular weight excluding hydrogens is 260 g/mol. The van der Waals surface area contributed by atoms with E-state index in [0.29, 0.717) is 5.02 Å². The van der Waals surface area contributed by atoms with Crippen LogP contribution < -0.4 is 0 Å². The van der Waals surface area contributed by atoms with Crippen molar-refractivity contribution >= 4 is 17.5 Å². The first-order valence-electron chi connectivity index (χ1n) is 6.30. The number of hydrogen-bond acceptors (Lipinski definition) is 2. The predicted molar refractivity (Wildman–Crippen MR) is 76.6 cm³/mol. The Morgan fingerprint density at radius 1 is 1.26 bits per heavy atom. The van der Waals surface area contributed by atoms with Crippen LogP contribution >= 0.6 is 11.6 Å². The lowest BCUT2D eigenvalue weighted by atomic mass is 9.95. The van der Waals surface area contributed by atoms with Crippen molar-refractivity contribution in [2.75, 3.05) is 7.05 Å². The molecule has 1 aromatic rings. The van der Waals surface area contributed by atoms with Gasteiger partial charge in [0.15, 0.2) is 0 Å². The molecule has 0 bridgehead atoms. The van der Waals surface area contributed by atoms with E-state index in [-0.39, 0.29) is 17.9 Å². The smallest absolute Gasteiger partial charge is 0.240 e. The molecule has 102 valence electrons. The van der Waals surface area contributed by atoms with E-state index in [0.717, 1.165) is 5.56 Å². The van der Waals surface area contributed by atoms with E-state index in [4.69, 9.17) is 16.9 Å². The van der Waals surface area contributed by atoms with Crippen LogP contribution in [-0.2, 0) is 4.79 Å². The lowest BCUT2D eigenvalue weighted by Gasteiger charge is -2.28. The van der Waals surface area contributed by atoms with Gasteiger partial charge in [-0.3, -0.25) is 4.79 Å². The average Bonchev–Trinajstić information content (AvgIpc) is 2.38. The minimum atomic E-state index is -0.597. The summed E-state index contributed by atoms with van der Waals surface area (Å²) in [6.07, 6.45) is 0. The molecule has 0 saturated carbocycles. The zero-order valence-corrected chi connectivity index (χ0v) is 12.5. The number of carbonyl (C=O) groups is 1. The maximum atomic E-state index is 12.3. The highest BCUT2D eigenvalue weighted by Gasteiger charge is 2.27. The molecule has 3 nitrogen and oxygen atoms in total. The summed E-state index contributed by atoms with van der Waals surface area (Å²) in [4.78, 5) is 13.9. The number of carbonyl (C=O) groups excluding carboxylic acids is 1. The molecule has 0 aromatic heterocycles. The van der Waals surface area contributed by atoms with E-state index in [9.17, 15) is 4.79 Å². The maximum Gasteiger partial charge on any atom is 0.240 e. The van der Waals surface area contributed by atoms with Crippen molar-refractivity contribution in [3.05, 3.63) is 34.9 Å². The number of hydrogen-bond donors (Lipinski definition) is 0. The van der Waals surface area contributed by atoms with Gasteiger partial charge >= 0.3 is 0 Å². The van der Waals surface area contributed by atoms with Gasteiger partial charge in [0.05, 0.1) is 12.1 Å². The topological polar surface area (TPSA) is 44.1 Å². The largest absolute Gasteiger partial charge is 0.338 e. The summed E-state index contributed by atoms with van der Waals surface area (Å²) in [5.41, 5.74) is 1.00. The average molecular weight is 279 g/mol. The SMILES string of the molecule is CC(C)C(C#N)C(=O)N(C)C(C)c1ccc(Cl)cc1. The molecule has 0 N–H and O–H groups in total. The van der Waals surface area contributed by atoms with E-state index in [1.165, 1.54) is 0 Å². The molecule has 1 aromatic carbocycles. The summed E-state index contributed by atoms with van der Waals surface area (Å²) in [5, 5.41) is 9.76. The molecule has 2 atom stereocenters. The van der Waals surface area contributed by atoms with Gasteiger partial charge in [-0.1, -0.05) is 37.6 Å². The second kappa shape index (κ2) is 6.58. The van der Waals surface area contributed by atoms with Crippen molar-refractivity contribution in [1.82, 2.24) is 4.90 Å². The van der Waals surface area contributed by atoms with Gasteiger partial charge in [-0.2, -0.15) is 5.26 Å².